The van der Waals surface area contributed by atoms with Gasteiger partial charge in [0.1, 0.15) is 12.4 Å². The highest BCUT2D eigenvalue weighted by Gasteiger charge is 2.17. The molecule has 2 heterocycles. The summed E-state index contributed by atoms with van der Waals surface area (Å²) in [6, 6.07) is 2.63. The zero-order valence-corrected chi connectivity index (χ0v) is 16.3. The van der Waals surface area contributed by atoms with Crippen molar-refractivity contribution >= 4 is 40.7 Å². The molecule has 1 aliphatic rings. The molecule has 3 rings (SSSR count). The number of nitrogens with one attached hydrogen (secondary N) is 2. The molecular weight excluding hydrogens is 391 g/mol. The summed E-state index contributed by atoms with van der Waals surface area (Å²) in [5, 5.41) is 5.96. The Balaban J connectivity index is 1.67. The summed E-state index contributed by atoms with van der Waals surface area (Å²) in [6.07, 6.45) is 6.18. The molecule has 0 saturated carbocycles. The van der Waals surface area contributed by atoms with Crippen LogP contribution in [0.4, 0.5) is 16.3 Å². The first-order valence-electron chi connectivity index (χ1n) is 8.61. The fraction of sp³-hybridized carbons (Fsp3) is 0.389. The van der Waals surface area contributed by atoms with Gasteiger partial charge in [-0.2, -0.15) is 0 Å². The van der Waals surface area contributed by atoms with E-state index < -0.39 is 6.03 Å². The summed E-state index contributed by atoms with van der Waals surface area (Å²) in [5.74, 6) is 0.750. The van der Waals surface area contributed by atoms with Gasteiger partial charge >= 0.3 is 6.03 Å². The molecule has 1 atom stereocenters. The minimum atomic E-state index is -0.495. The Morgan fingerprint density at radius 1 is 1.22 bits per heavy atom. The highest BCUT2D eigenvalue weighted by Crippen LogP contribution is 2.34. The van der Waals surface area contributed by atoms with Gasteiger partial charge in [0.25, 0.3) is 0 Å². The van der Waals surface area contributed by atoms with E-state index in [4.69, 9.17) is 32.7 Å². The van der Waals surface area contributed by atoms with Crippen molar-refractivity contribution in [3.63, 3.8) is 0 Å². The number of hydrogen-bond acceptors (Lipinski definition) is 5. The second-order valence-electron chi connectivity index (χ2n) is 6.18. The Hall–Kier alpha value is -2.09. The van der Waals surface area contributed by atoms with Crippen LogP contribution in [0.1, 0.15) is 25.0 Å². The molecule has 0 bridgehead atoms. The van der Waals surface area contributed by atoms with E-state index in [0.717, 1.165) is 31.6 Å². The van der Waals surface area contributed by atoms with Crippen molar-refractivity contribution in [1.82, 2.24) is 9.97 Å². The SMILES string of the molecule is Cc1cnc(NC(=O)Nc2cc(Cl)c(Cl)cc2OC[C@@H]2CCCCO2)cn1. The Kier molecular flexibility index (Phi) is 6.71. The zero-order chi connectivity index (χ0) is 19.2. The number of aromatic nitrogens is 2. The minimum absolute atomic E-state index is 0.0257. The van der Waals surface area contributed by atoms with Crippen LogP contribution in [0.2, 0.25) is 10.0 Å². The lowest BCUT2D eigenvalue weighted by Gasteiger charge is -2.23. The van der Waals surface area contributed by atoms with Crippen molar-refractivity contribution in [2.45, 2.75) is 32.3 Å². The molecule has 9 heteroatoms. The second kappa shape index (κ2) is 9.21. The van der Waals surface area contributed by atoms with Crippen LogP contribution in [0.15, 0.2) is 24.5 Å². The molecule has 0 radical (unpaired) electrons. The van der Waals surface area contributed by atoms with E-state index in [2.05, 4.69) is 20.6 Å². The molecule has 1 fully saturated rings. The first-order chi connectivity index (χ1) is 13.0. The molecule has 2 amide bonds. The predicted molar refractivity (Wildman–Crippen MR) is 105 cm³/mol. The standard InChI is InChI=1S/C18H20Cl2N4O3/c1-11-8-22-17(9-21-11)24-18(25)23-15-6-13(19)14(20)7-16(15)27-10-12-4-2-3-5-26-12/h6-9,12H,2-5,10H2,1H3,(H2,22,23,24,25)/t12-/m0/s1. The van der Waals surface area contributed by atoms with Gasteiger partial charge in [-0.3, -0.25) is 10.3 Å². The van der Waals surface area contributed by atoms with E-state index in [-0.39, 0.29) is 6.10 Å². The van der Waals surface area contributed by atoms with Crippen LogP contribution in [-0.2, 0) is 4.74 Å². The van der Waals surface area contributed by atoms with Gasteiger partial charge in [-0.15, -0.1) is 0 Å². The van der Waals surface area contributed by atoms with Gasteiger partial charge in [0.2, 0.25) is 0 Å². The van der Waals surface area contributed by atoms with Crippen molar-refractivity contribution in [2.24, 2.45) is 0 Å². The fourth-order valence-corrected chi connectivity index (χ4v) is 2.91. The van der Waals surface area contributed by atoms with Gasteiger partial charge in [0.15, 0.2) is 5.82 Å². The van der Waals surface area contributed by atoms with E-state index in [1.54, 1.807) is 18.3 Å². The van der Waals surface area contributed by atoms with E-state index in [1.165, 1.54) is 6.20 Å². The highest BCUT2D eigenvalue weighted by atomic mass is 35.5. The maximum absolute atomic E-state index is 12.3. The number of rotatable bonds is 5. The molecule has 0 unspecified atom stereocenters. The molecule has 0 spiro atoms. The van der Waals surface area contributed by atoms with E-state index in [9.17, 15) is 4.79 Å². The third-order valence-corrected chi connectivity index (χ3v) is 4.71. The summed E-state index contributed by atoms with van der Waals surface area (Å²) in [6.45, 7) is 2.92. The number of nitrogens with zero attached hydrogens (tertiary/aromatic N) is 2. The summed E-state index contributed by atoms with van der Waals surface area (Å²) in [4.78, 5) is 20.4. The Morgan fingerprint density at radius 2 is 2.04 bits per heavy atom. The molecule has 144 valence electrons. The van der Waals surface area contributed by atoms with Crippen molar-refractivity contribution in [3.8, 4) is 5.75 Å². The van der Waals surface area contributed by atoms with E-state index in [0.29, 0.717) is 33.9 Å². The molecule has 1 saturated heterocycles. The number of carbonyl (C=O) groups excluding carboxylic acids is 1. The number of hydrogen-bond donors (Lipinski definition) is 2. The first kappa shape index (κ1) is 19.7. The Bertz CT molecular complexity index is 796. The molecule has 27 heavy (non-hydrogen) atoms. The number of anilines is 2. The number of halogens is 2. The van der Waals surface area contributed by atoms with Crippen LogP contribution in [0.5, 0.6) is 5.75 Å². The molecular formula is C18H20Cl2N4O3. The maximum atomic E-state index is 12.3. The molecule has 1 aliphatic heterocycles. The lowest BCUT2D eigenvalue weighted by Crippen LogP contribution is -2.26. The third-order valence-electron chi connectivity index (χ3n) is 3.99. The molecule has 1 aromatic heterocycles. The van der Waals surface area contributed by atoms with Crippen LogP contribution < -0.4 is 15.4 Å². The summed E-state index contributed by atoms with van der Waals surface area (Å²) in [7, 11) is 0. The van der Waals surface area contributed by atoms with Crippen molar-refractivity contribution in [2.75, 3.05) is 23.8 Å². The van der Waals surface area contributed by atoms with Crippen LogP contribution in [0, 0.1) is 6.92 Å². The number of carbonyl (C=O) groups is 1. The van der Waals surface area contributed by atoms with E-state index >= 15 is 0 Å². The van der Waals surface area contributed by atoms with Crippen molar-refractivity contribution in [1.29, 1.82) is 0 Å². The van der Waals surface area contributed by atoms with E-state index in [1.807, 2.05) is 6.92 Å². The number of benzene rings is 1. The van der Waals surface area contributed by atoms with Crippen molar-refractivity contribution < 1.29 is 14.3 Å². The maximum Gasteiger partial charge on any atom is 0.325 e. The van der Waals surface area contributed by atoms with Crippen LogP contribution in [-0.4, -0.2) is 35.3 Å². The smallest absolute Gasteiger partial charge is 0.325 e. The van der Waals surface area contributed by atoms with Gasteiger partial charge < -0.3 is 14.8 Å². The fourth-order valence-electron chi connectivity index (χ4n) is 2.59. The number of amides is 2. The van der Waals surface area contributed by atoms with Crippen LogP contribution in [0.3, 0.4) is 0 Å². The van der Waals surface area contributed by atoms with Gasteiger partial charge in [-0.1, -0.05) is 23.2 Å². The van der Waals surface area contributed by atoms with Gasteiger partial charge in [0.05, 0.1) is 39.9 Å². The number of urea groups is 1. The molecule has 1 aromatic carbocycles. The largest absolute Gasteiger partial charge is 0.489 e. The highest BCUT2D eigenvalue weighted by molar-refractivity contribution is 6.42. The molecule has 7 nitrogen and oxygen atoms in total. The monoisotopic (exact) mass is 410 g/mol. The summed E-state index contributed by atoms with van der Waals surface area (Å²) >= 11 is 12.2. The normalized spacial score (nSPS) is 16.6. The molecule has 2 N–H and O–H groups in total. The zero-order valence-electron chi connectivity index (χ0n) is 14.8. The lowest BCUT2D eigenvalue weighted by atomic mass is 10.1. The summed E-state index contributed by atoms with van der Waals surface area (Å²) < 4.78 is 11.5. The van der Waals surface area contributed by atoms with Gasteiger partial charge in [-0.25, -0.2) is 9.78 Å². The average molecular weight is 411 g/mol. The second-order valence-corrected chi connectivity index (χ2v) is 7.00. The average Bonchev–Trinajstić information content (AvgIpc) is 2.66. The van der Waals surface area contributed by atoms with Gasteiger partial charge in [0, 0.05) is 12.7 Å². The molecule has 2 aromatic rings. The lowest BCUT2D eigenvalue weighted by molar-refractivity contribution is -0.0109. The topological polar surface area (TPSA) is 85.4 Å². The number of ether oxygens (including phenoxy) is 2. The Labute approximate surface area is 167 Å². The first-order valence-corrected chi connectivity index (χ1v) is 9.37. The van der Waals surface area contributed by atoms with Crippen LogP contribution in [0.25, 0.3) is 0 Å². The van der Waals surface area contributed by atoms with Crippen molar-refractivity contribution in [3.05, 3.63) is 40.3 Å². The minimum Gasteiger partial charge on any atom is -0.489 e. The predicted octanol–water partition coefficient (Wildman–Crippen LogP) is 4.68. The van der Waals surface area contributed by atoms with Gasteiger partial charge in [-0.05, 0) is 32.3 Å². The summed E-state index contributed by atoms with van der Waals surface area (Å²) in [5.41, 5.74) is 1.16. The quantitative estimate of drug-likeness (QED) is 0.746. The van der Waals surface area contributed by atoms with Crippen LogP contribution >= 0.6 is 23.2 Å². The third kappa shape index (κ3) is 5.69. The molecule has 0 aliphatic carbocycles. The Morgan fingerprint density at radius 3 is 2.74 bits per heavy atom. The number of aryl methyl sites for hydroxylation is 1.